The van der Waals surface area contributed by atoms with Gasteiger partial charge >= 0.3 is 35.8 Å². The average Bonchev–Trinajstić information content (AvgIpc) is 2.95. The van der Waals surface area contributed by atoms with Crippen molar-refractivity contribution in [3.05, 3.63) is 0 Å². The van der Waals surface area contributed by atoms with Gasteiger partial charge in [-0.15, -0.1) is 0 Å². The van der Waals surface area contributed by atoms with Gasteiger partial charge in [-0.05, 0) is 0 Å². The summed E-state index contributed by atoms with van der Waals surface area (Å²) in [6, 6.07) is 0. The molecule has 0 saturated carbocycles. The van der Waals surface area contributed by atoms with Gasteiger partial charge in [0, 0.05) is 34.5 Å². The Morgan fingerprint density at radius 1 is 0.310 bits per heavy atom. The summed E-state index contributed by atoms with van der Waals surface area (Å²) in [7, 11) is 0. The van der Waals surface area contributed by atoms with Crippen molar-refractivity contribution in [2.75, 3.05) is 114 Å². The molecule has 42 heavy (non-hydrogen) atoms. The predicted octanol–water partition coefficient (Wildman–Crippen LogP) is -0.491. The zero-order valence-electron chi connectivity index (χ0n) is 23.1. The molecular formula is C24H36O15S3. The molecule has 0 bridgehead atoms. The summed E-state index contributed by atoms with van der Waals surface area (Å²) in [6.07, 6.45) is 0. The topological polar surface area (TPSA) is 185 Å². The first-order chi connectivity index (χ1) is 20.4. The molecule has 0 aromatic rings. The second-order valence-electron chi connectivity index (χ2n) is 7.64. The van der Waals surface area contributed by atoms with Gasteiger partial charge in [-0.3, -0.25) is 0 Å². The Balaban J connectivity index is 2.31. The zero-order chi connectivity index (χ0) is 30.7. The molecule has 1 fully saturated rings. The van der Waals surface area contributed by atoms with Gasteiger partial charge in [-0.1, -0.05) is 0 Å². The minimum atomic E-state index is -0.636. The summed E-state index contributed by atoms with van der Waals surface area (Å²) in [5.74, 6) is -1.06. The molecule has 1 heterocycles. The highest BCUT2D eigenvalue weighted by Gasteiger charge is 2.11. The first-order valence-electron chi connectivity index (χ1n) is 12.8. The second kappa shape index (κ2) is 26.4. The van der Waals surface area contributed by atoms with Gasteiger partial charge in [0.05, 0.1) is 0 Å². The monoisotopic (exact) mass is 660 g/mol. The molecule has 1 aliphatic rings. The van der Waals surface area contributed by atoms with Crippen molar-refractivity contribution in [3.63, 3.8) is 0 Å². The van der Waals surface area contributed by atoms with E-state index in [4.69, 9.17) is 42.6 Å². The van der Waals surface area contributed by atoms with Gasteiger partial charge in [0.1, 0.15) is 79.3 Å². The smallest absolute Gasteiger partial charge is 0.332 e. The van der Waals surface area contributed by atoms with Crippen LogP contribution in [0.5, 0.6) is 0 Å². The van der Waals surface area contributed by atoms with E-state index < -0.39 is 75.5 Å². The molecule has 0 aromatic heterocycles. The van der Waals surface area contributed by atoms with Crippen LogP contribution in [0.4, 0.5) is 0 Å². The van der Waals surface area contributed by atoms with E-state index in [0.29, 0.717) is 34.5 Å². The largest absolute Gasteiger partial charge is 0.463 e. The third-order valence-electron chi connectivity index (χ3n) is 4.26. The molecule has 0 atom stereocenters. The lowest BCUT2D eigenvalue weighted by atomic mass is 10.6. The van der Waals surface area contributed by atoms with Gasteiger partial charge in [0.2, 0.25) is 0 Å². The van der Waals surface area contributed by atoms with Crippen LogP contribution in [-0.4, -0.2) is 150 Å². The van der Waals surface area contributed by atoms with Crippen LogP contribution >= 0.6 is 35.3 Å². The molecule has 0 aliphatic carbocycles. The van der Waals surface area contributed by atoms with E-state index in [-0.39, 0.29) is 39.6 Å². The molecule has 0 radical (unpaired) electrons. The SMILES string of the molecule is O=C1COCC(=O)OCCSCCOC(=O)COCC(=O)OCCSCCOC(=O)COCC(=O)OCCSCCO1. The highest BCUT2D eigenvalue weighted by atomic mass is 32.2. The normalized spacial score (nSPS) is 21.4. The number of rotatable bonds is 0. The first kappa shape index (κ1) is 37.8. The van der Waals surface area contributed by atoms with Crippen molar-refractivity contribution in [1.82, 2.24) is 0 Å². The van der Waals surface area contributed by atoms with Crippen LogP contribution in [0.3, 0.4) is 0 Å². The Bertz CT molecular complexity index is 662. The molecule has 15 nitrogen and oxygen atoms in total. The fourth-order valence-corrected chi connectivity index (χ4v) is 4.32. The third kappa shape index (κ3) is 24.4. The van der Waals surface area contributed by atoms with Crippen LogP contribution in [0.1, 0.15) is 0 Å². The quantitative estimate of drug-likeness (QED) is 0.239. The fourth-order valence-electron chi connectivity index (χ4n) is 2.50. The lowest BCUT2D eigenvalue weighted by molar-refractivity contribution is -0.156. The average molecular weight is 661 g/mol. The summed E-state index contributed by atoms with van der Waals surface area (Å²) in [4.78, 5) is 69.9. The van der Waals surface area contributed by atoms with E-state index in [2.05, 4.69) is 0 Å². The Hall–Kier alpha value is -2.25. The van der Waals surface area contributed by atoms with Crippen LogP contribution < -0.4 is 0 Å². The third-order valence-corrected chi connectivity index (χ3v) is 7.00. The van der Waals surface area contributed by atoms with E-state index in [1.807, 2.05) is 0 Å². The Labute approximate surface area is 255 Å². The lowest BCUT2D eigenvalue weighted by Crippen LogP contribution is -2.21. The second-order valence-corrected chi connectivity index (χ2v) is 11.3. The van der Waals surface area contributed by atoms with Crippen molar-refractivity contribution in [2.45, 2.75) is 0 Å². The maximum atomic E-state index is 11.6. The van der Waals surface area contributed by atoms with Crippen molar-refractivity contribution in [1.29, 1.82) is 0 Å². The number of carbonyl (C=O) groups is 6. The van der Waals surface area contributed by atoms with E-state index in [1.54, 1.807) is 0 Å². The molecule has 1 rings (SSSR count). The van der Waals surface area contributed by atoms with Gasteiger partial charge in [0.15, 0.2) is 0 Å². The van der Waals surface area contributed by atoms with E-state index in [0.717, 1.165) is 0 Å². The van der Waals surface area contributed by atoms with Crippen molar-refractivity contribution >= 4 is 71.1 Å². The van der Waals surface area contributed by atoms with E-state index in [1.165, 1.54) is 35.3 Å². The summed E-state index contributed by atoms with van der Waals surface area (Å²) in [5, 5.41) is 0. The van der Waals surface area contributed by atoms with Crippen LogP contribution in [0.25, 0.3) is 0 Å². The molecule has 0 amide bonds. The molecule has 0 unspecified atom stereocenters. The number of hydrogen-bond donors (Lipinski definition) is 0. The Morgan fingerprint density at radius 3 is 0.643 bits per heavy atom. The maximum absolute atomic E-state index is 11.6. The number of cyclic esters (lactones) is 6. The molecule has 0 N–H and O–H groups in total. The summed E-state index contributed by atoms with van der Waals surface area (Å²) >= 11 is 4.17. The fraction of sp³-hybridized carbons (Fsp3) is 0.750. The number of carbonyl (C=O) groups excluding carboxylic acids is 6. The molecule has 240 valence electrons. The number of hydrogen-bond acceptors (Lipinski definition) is 18. The zero-order valence-corrected chi connectivity index (χ0v) is 25.5. The van der Waals surface area contributed by atoms with Gasteiger partial charge in [0.25, 0.3) is 0 Å². The predicted molar refractivity (Wildman–Crippen MR) is 150 cm³/mol. The Kier molecular flexibility index (Phi) is 23.7. The van der Waals surface area contributed by atoms with Crippen LogP contribution in [0.2, 0.25) is 0 Å². The number of esters is 6. The highest BCUT2D eigenvalue weighted by molar-refractivity contribution is 7.99. The van der Waals surface area contributed by atoms with Gasteiger partial charge in [-0.2, -0.15) is 35.3 Å². The lowest BCUT2D eigenvalue weighted by Gasteiger charge is -2.08. The van der Waals surface area contributed by atoms with Crippen molar-refractivity contribution in [3.8, 4) is 0 Å². The molecule has 18 heteroatoms. The summed E-state index contributed by atoms with van der Waals surface area (Å²) in [5.41, 5.74) is 0. The van der Waals surface area contributed by atoms with Crippen LogP contribution in [-0.2, 0) is 71.4 Å². The molecule has 0 aromatic carbocycles. The van der Waals surface area contributed by atoms with Gasteiger partial charge < -0.3 is 42.6 Å². The minimum absolute atomic E-state index is 0.113. The summed E-state index contributed by atoms with van der Waals surface area (Å²) < 4.78 is 44.8. The highest BCUT2D eigenvalue weighted by Crippen LogP contribution is 2.02. The standard InChI is InChI=1S/C24H36O15S3/c25-19-13-31-14-20(26)36-3-9-41-10-4-38-23(29)17-33-18-24(30)39-6-12-42-11-5-37-22(28)16-32-15-21(27)35-2-8-40-7-1-34-19/h1-18H2. The molecular weight excluding hydrogens is 624 g/mol. The van der Waals surface area contributed by atoms with E-state index in [9.17, 15) is 28.8 Å². The molecule has 1 saturated heterocycles. The van der Waals surface area contributed by atoms with Crippen LogP contribution in [0, 0.1) is 0 Å². The minimum Gasteiger partial charge on any atom is -0.463 e. The number of thioether (sulfide) groups is 3. The van der Waals surface area contributed by atoms with Gasteiger partial charge in [-0.25, -0.2) is 28.8 Å². The van der Waals surface area contributed by atoms with Crippen molar-refractivity contribution < 1.29 is 71.4 Å². The molecule has 1 aliphatic heterocycles. The van der Waals surface area contributed by atoms with Crippen molar-refractivity contribution in [2.24, 2.45) is 0 Å². The first-order valence-corrected chi connectivity index (χ1v) is 16.2. The maximum Gasteiger partial charge on any atom is 0.332 e. The molecule has 0 spiro atoms. The van der Waals surface area contributed by atoms with Crippen LogP contribution in [0.15, 0.2) is 0 Å². The summed E-state index contributed by atoms with van der Waals surface area (Å²) in [6.45, 7) is -1.77. The Morgan fingerprint density at radius 2 is 0.476 bits per heavy atom. The van der Waals surface area contributed by atoms with E-state index >= 15 is 0 Å². The number of ether oxygens (including phenoxy) is 9.